The molecule has 108 valence electrons. The molecule has 1 heterocycles. The minimum atomic E-state index is 0.565. The summed E-state index contributed by atoms with van der Waals surface area (Å²) in [5, 5.41) is 3.59. The van der Waals surface area contributed by atoms with Crippen molar-refractivity contribution < 1.29 is 0 Å². The van der Waals surface area contributed by atoms with Crippen molar-refractivity contribution in [1.29, 1.82) is 0 Å². The Labute approximate surface area is 115 Å². The number of hydrogen-bond donors (Lipinski definition) is 1. The van der Waals surface area contributed by atoms with E-state index in [9.17, 15) is 0 Å². The van der Waals surface area contributed by atoms with Crippen molar-refractivity contribution in [3.63, 3.8) is 0 Å². The van der Waals surface area contributed by atoms with Gasteiger partial charge in [-0.05, 0) is 63.2 Å². The summed E-state index contributed by atoms with van der Waals surface area (Å²) in [5.74, 6) is 1.49. The molecule has 0 aromatic heterocycles. The minimum Gasteiger partial charge on any atom is -0.316 e. The Balaban J connectivity index is 2.29. The molecule has 1 fully saturated rings. The third-order valence-corrected chi connectivity index (χ3v) is 4.57. The number of rotatable bonds is 6. The van der Waals surface area contributed by atoms with Gasteiger partial charge in [0.1, 0.15) is 0 Å². The number of nitrogens with zero attached hydrogens (tertiary/aromatic N) is 1. The second-order valence-electron chi connectivity index (χ2n) is 7.47. The average Bonchev–Trinajstić information content (AvgIpc) is 2.27. The first-order valence-electron chi connectivity index (χ1n) is 7.76. The summed E-state index contributed by atoms with van der Waals surface area (Å²) in [7, 11) is 0. The molecule has 0 spiro atoms. The van der Waals surface area contributed by atoms with Gasteiger partial charge >= 0.3 is 0 Å². The van der Waals surface area contributed by atoms with Crippen LogP contribution < -0.4 is 5.32 Å². The van der Waals surface area contributed by atoms with Crippen LogP contribution in [-0.4, -0.2) is 37.1 Å². The lowest BCUT2D eigenvalue weighted by molar-refractivity contribution is 0.0776. The third-order valence-electron chi connectivity index (χ3n) is 4.57. The van der Waals surface area contributed by atoms with E-state index in [2.05, 4.69) is 51.8 Å². The Kier molecular flexibility index (Phi) is 6.13. The Morgan fingerprint density at radius 2 is 1.56 bits per heavy atom. The molecule has 18 heavy (non-hydrogen) atoms. The van der Waals surface area contributed by atoms with Gasteiger partial charge in [-0.2, -0.15) is 0 Å². The van der Waals surface area contributed by atoms with Crippen LogP contribution in [0.15, 0.2) is 0 Å². The predicted molar refractivity (Wildman–Crippen MR) is 80.9 cm³/mol. The first kappa shape index (κ1) is 16.0. The molecule has 0 saturated carbocycles. The lowest BCUT2D eigenvalue weighted by Gasteiger charge is -2.42. The maximum absolute atomic E-state index is 3.59. The van der Waals surface area contributed by atoms with Gasteiger partial charge in [-0.25, -0.2) is 0 Å². The molecule has 1 saturated heterocycles. The van der Waals surface area contributed by atoms with Crippen LogP contribution in [-0.2, 0) is 0 Å². The maximum atomic E-state index is 3.59. The molecule has 1 N–H and O–H groups in total. The lowest BCUT2D eigenvalue weighted by Crippen LogP contribution is -2.47. The van der Waals surface area contributed by atoms with E-state index in [-0.39, 0.29) is 0 Å². The zero-order valence-electron chi connectivity index (χ0n) is 13.4. The molecule has 1 rings (SSSR count). The summed E-state index contributed by atoms with van der Waals surface area (Å²) in [6, 6.07) is 0.709. The Hall–Kier alpha value is -0.0800. The van der Waals surface area contributed by atoms with Crippen LogP contribution in [0, 0.1) is 17.3 Å². The molecule has 1 aliphatic heterocycles. The highest BCUT2D eigenvalue weighted by molar-refractivity contribution is 4.83. The van der Waals surface area contributed by atoms with E-state index < -0.39 is 0 Å². The molecule has 2 unspecified atom stereocenters. The molecule has 2 atom stereocenters. The fourth-order valence-electron chi connectivity index (χ4n) is 2.67. The highest BCUT2D eigenvalue weighted by Crippen LogP contribution is 2.31. The summed E-state index contributed by atoms with van der Waals surface area (Å²) in [6.45, 7) is 19.0. The van der Waals surface area contributed by atoms with Gasteiger partial charge in [0.25, 0.3) is 0 Å². The molecule has 0 aliphatic carbocycles. The van der Waals surface area contributed by atoms with Crippen molar-refractivity contribution in [2.45, 2.75) is 60.4 Å². The van der Waals surface area contributed by atoms with Crippen molar-refractivity contribution in [2.75, 3.05) is 26.2 Å². The standard InChI is InChI=1S/C16H34N2/c1-13(2)11-17-12-14(3)15(4)18-9-7-16(5,6)8-10-18/h13-15,17H,7-12H2,1-6H3. The molecule has 0 aromatic rings. The lowest BCUT2D eigenvalue weighted by atomic mass is 9.81. The number of hydrogen-bond acceptors (Lipinski definition) is 2. The topological polar surface area (TPSA) is 15.3 Å². The largest absolute Gasteiger partial charge is 0.316 e. The Bertz CT molecular complexity index is 225. The van der Waals surface area contributed by atoms with Crippen LogP contribution in [0.25, 0.3) is 0 Å². The number of likely N-dealkylation sites (tertiary alicyclic amines) is 1. The van der Waals surface area contributed by atoms with Crippen molar-refractivity contribution in [1.82, 2.24) is 10.2 Å². The average molecular weight is 254 g/mol. The van der Waals surface area contributed by atoms with Crippen molar-refractivity contribution in [2.24, 2.45) is 17.3 Å². The molecule has 1 aliphatic rings. The van der Waals surface area contributed by atoms with Crippen molar-refractivity contribution >= 4 is 0 Å². The van der Waals surface area contributed by atoms with Gasteiger partial charge in [-0.1, -0.05) is 34.6 Å². The third kappa shape index (κ3) is 5.27. The van der Waals surface area contributed by atoms with E-state index in [1.165, 1.54) is 25.9 Å². The first-order chi connectivity index (χ1) is 8.32. The van der Waals surface area contributed by atoms with Gasteiger partial charge in [0.05, 0.1) is 0 Å². The smallest absolute Gasteiger partial charge is 0.0105 e. The fraction of sp³-hybridized carbons (Fsp3) is 1.00. The van der Waals surface area contributed by atoms with Crippen LogP contribution in [0.3, 0.4) is 0 Å². The molecular formula is C16H34N2. The molecule has 0 amide bonds. The summed E-state index contributed by atoms with van der Waals surface area (Å²) in [6.07, 6.45) is 2.70. The highest BCUT2D eigenvalue weighted by atomic mass is 15.2. The van der Waals surface area contributed by atoms with E-state index in [4.69, 9.17) is 0 Å². The molecule has 0 bridgehead atoms. The molecule has 2 heteroatoms. The first-order valence-corrected chi connectivity index (χ1v) is 7.76. The van der Waals surface area contributed by atoms with Gasteiger partial charge in [0.2, 0.25) is 0 Å². The van der Waals surface area contributed by atoms with Crippen LogP contribution in [0.1, 0.15) is 54.4 Å². The summed E-state index contributed by atoms with van der Waals surface area (Å²) in [5.41, 5.74) is 0.565. The quantitative estimate of drug-likeness (QED) is 0.782. The van der Waals surface area contributed by atoms with Crippen molar-refractivity contribution in [3.05, 3.63) is 0 Å². The van der Waals surface area contributed by atoms with Gasteiger partial charge in [-0.15, -0.1) is 0 Å². The number of nitrogens with one attached hydrogen (secondary N) is 1. The number of piperidine rings is 1. The second-order valence-corrected chi connectivity index (χ2v) is 7.47. The van der Waals surface area contributed by atoms with Crippen molar-refractivity contribution in [3.8, 4) is 0 Å². The van der Waals surface area contributed by atoms with E-state index >= 15 is 0 Å². The van der Waals surface area contributed by atoms with E-state index in [1.807, 2.05) is 0 Å². The highest BCUT2D eigenvalue weighted by Gasteiger charge is 2.29. The van der Waals surface area contributed by atoms with Crippen LogP contribution in [0.5, 0.6) is 0 Å². The Morgan fingerprint density at radius 3 is 2.06 bits per heavy atom. The molecule has 2 nitrogen and oxygen atoms in total. The fourth-order valence-corrected chi connectivity index (χ4v) is 2.67. The van der Waals surface area contributed by atoms with Crippen LogP contribution in [0.2, 0.25) is 0 Å². The van der Waals surface area contributed by atoms with Crippen LogP contribution in [0.4, 0.5) is 0 Å². The Morgan fingerprint density at radius 1 is 1.00 bits per heavy atom. The summed E-state index contributed by atoms with van der Waals surface area (Å²) >= 11 is 0. The summed E-state index contributed by atoms with van der Waals surface area (Å²) < 4.78 is 0. The zero-order valence-corrected chi connectivity index (χ0v) is 13.4. The normalized spacial score (nSPS) is 24.2. The van der Waals surface area contributed by atoms with Crippen LogP contribution >= 0.6 is 0 Å². The molecule has 0 aromatic carbocycles. The van der Waals surface area contributed by atoms with E-state index in [1.54, 1.807) is 0 Å². The van der Waals surface area contributed by atoms with Gasteiger partial charge in [0.15, 0.2) is 0 Å². The minimum absolute atomic E-state index is 0.565. The predicted octanol–water partition coefficient (Wildman–Crippen LogP) is 3.38. The van der Waals surface area contributed by atoms with E-state index in [0.717, 1.165) is 24.9 Å². The monoisotopic (exact) mass is 254 g/mol. The van der Waals surface area contributed by atoms with Gasteiger partial charge in [-0.3, -0.25) is 0 Å². The summed E-state index contributed by atoms with van der Waals surface area (Å²) in [4.78, 5) is 2.69. The van der Waals surface area contributed by atoms with E-state index in [0.29, 0.717) is 11.5 Å². The second kappa shape index (κ2) is 6.91. The van der Waals surface area contributed by atoms with Gasteiger partial charge < -0.3 is 10.2 Å². The maximum Gasteiger partial charge on any atom is 0.0105 e. The SMILES string of the molecule is CC(C)CNCC(C)C(C)N1CCC(C)(C)CC1. The van der Waals surface area contributed by atoms with Gasteiger partial charge in [0, 0.05) is 6.04 Å². The molecule has 0 radical (unpaired) electrons. The molecular weight excluding hydrogens is 220 g/mol. The zero-order chi connectivity index (χ0) is 13.8.